The van der Waals surface area contributed by atoms with Crippen molar-refractivity contribution in [2.75, 3.05) is 6.61 Å². The Bertz CT molecular complexity index is 811. The van der Waals surface area contributed by atoms with Crippen molar-refractivity contribution in [3.63, 3.8) is 0 Å². The van der Waals surface area contributed by atoms with Crippen LogP contribution in [0.4, 0.5) is 0 Å². The Morgan fingerprint density at radius 3 is 2.52 bits per heavy atom. The van der Waals surface area contributed by atoms with Gasteiger partial charge < -0.3 is 9.47 Å². The maximum atomic E-state index is 11.9. The molecule has 0 aliphatic rings. The summed E-state index contributed by atoms with van der Waals surface area (Å²) in [5.74, 6) is 0.713. The summed E-state index contributed by atoms with van der Waals surface area (Å²) in [6, 6.07) is 8.11. The lowest BCUT2D eigenvalue weighted by molar-refractivity contribution is -0.139. The second-order valence-electron chi connectivity index (χ2n) is 5.05. The number of hydrogen-bond acceptors (Lipinski definition) is 5. The Morgan fingerprint density at radius 2 is 1.89 bits per heavy atom. The van der Waals surface area contributed by atoms with Crippen LogP contribution in [-0.4, -0.2) is 23.6 Å². The Morgan fingerprint density at radius 1 is 1.22 bits per heavy atom. The summed E-state index contributed by atoms with van der Waals surface area (Å²) in [6.45, 7) is 1.61. The highest BCUT2D eigenvalue weighted by atomic mass is 35.5. The average Bonchev–Trinajstić information content (AvgIpc) is 2.62. The zero-order valence-corrected chi connectivity index (χ0v) is 16.9. The summed E-state index contributed by atoms with van der Waals surface area (Å²) in [6.07, 6.45) is 2.02. The number of rotatable bonds is 8. The van der Waals surface area contributed by atoms with Crippen LogP contribution in [0.2, 0.25) is 10.0 Å². The van der Waals surface area contributed by atoms with E-state index in [1.165, 1.54) is 18.3 Å². The van der Waals surface area contributed by atoms with Gasteiger partial charge in [0.2, 0.25) is 5.88 Å². The van der Waals surface area contributed by atoms with Crippen molar-refractivity contribution in [1.82, 2.24) is 10.5 Å². The van der Waals surface area contributed by atoms with Gasteiger partial charge in [-0.3, -0.25) is 9.63 Å². The maximum Gasteiger partial charge on any atom is 0.284 e. The molecule has 2 aromatic rings. The molecule has 0 saturated heterocycles. The maximum absolute atomic E-state index is 11.9. The molecule has 0 saturated carbocycles. The highest BCUT2D eigenvalue weighted by Crippen LogP contribution is 2.30. The van der Waals surface area contributed by atoms with E-state index in [4.69, 9.17) is 60.7 Å². The van der Waals surface area contributed by atoms with Crippen LogP contribution in [-0.2, 0) is 9.63 Å². The van der Waals surface area contributed by atoms with Gasteiger partial charge in [-0.2, -0.15) is 0 Å². The zero-order chi connectivity index (χ0) is 19.8. The summed E-state index contributed by atoms with van der Waals surface area (Å²) in [5, 5.41) is 0.701. The lowest BCUT2D eigenvalue weighted by atomic mass is 10.3. The van der Waals surface area contributed by atoms with Crippen LogP contribution in [0.5, 0.6) is 17.4 Å². The van der Waals surface area contributed by atoms with Crippen molar-refractivity contribution in [3.05, 3.63) is 57.1 Å². The third-order valence-corrected chi connectivity index (χ3v) is 3.77. The van der Waals surface area contributed by atoms with Gasteiger partial charge in [0.15, 0.2) is 6.10 Å². The molecular weight excluding hydrogens is 438 g/mol. The molecule has 1 heterocycles. The average molecular weight is 452 g/mol. The van der Waals surface area contributed by atoms with Gasteiger partial charge in [-0.05, 0) is 43.3 Å². The van der Waals surface area contributed by atoms with E-state index in [0.717, 1.165) is 0 Å². The van der Waals surface area contributed by atoms with E-state index in [2.05, 4.69) is 10.5 Å². The fraction of sp³-hybridized carbons (Fsp3) is 0.176. The van der Waals surface area contributed by atoms with Gasteiger partial charge in [0.25, 0.3) is 5.91 Å². The first kappa shape index (κ1) is 21.6. The Hall–Kier alpha value is -1.70. The van der Waals surface area contributed by atoms with Crippen LogP contribution in [0.15, 0.2) is 47.1 Å². The number of hydrogen-bond donors (Lipinski definition) is 1. The number of pyridine rings is 1. The fourth-order valence-electron chi connectivity index (χ4n) is 1.73. The van der Waals surface area contributed by atoms with Crippen molar-refractivity contribution in [2.45, 2.75) is 13.0 Å². The molecule has 10 heteroatoms. The molecule has 0 radical (unpaired) electrons. The second kappa shape index (κ2) is 10.6. The normalized spacial score (nSPS) is 11.4. The third kappa shape index (κ3) is 7.44. The number of carbonyl (C=O) groups excluding carboxylic acids is 1. The number of nitrogens with one attached hydrogen (secondary N) is 1. The van der Waals surface area contributed by atoms with Crippen molar-refractivity contribution in [1.29, 1.82) is 0 Å². The number of aromatic nitrogens is 1. The molecule has 0 bridgehead atoms. The quantitative estimate of drug-likeness (QED) is 0.434. The standard InChI is InChI=1S/C17H14Cl4N2O4/c1-10(16(24)23-25-7-6-15(20)21)26-12-2-4-13(5-3-12)27-17-14(19)8-11(18)9-22-17/h2-6,8-10H,7H2,1H3,(H,23,24)/t10-/m1/s1. The van der Waals surface area contributed by atoms with Crippen LogP contribution in [0.3, 0.4) is 0 Å². The lowest BCUT2D eigenvalue weighted by Gasteiger charge is -2.14. The number of ether oxygens (including phenoxy) is 2. The Kier molecular flexibility index (Phi) is 8.47. The van der Waals surface area contributed by atoms with E-state index in [0.29, 0.717) is 21.5 Å². The van der Waals surface area contributed by atoms with E-state index < -0.39 is 12.0 Å². The summed E-state index contributed by atoms with van der Waals surface area (Å²) in [7, 11) is 0. The minimum Gasteiger partial charge on any atom is -0.481 e. The second-order valence-corrected chi connectivity index (χ2v) is 6.90. The molecule has 27 heavy (non-hydrogen) atoms. The van der Waals surface area contributed by atoms with Crippen molar-refractivity contribution in [3.8, 4) is 17.4 Å². The molecule has 0 unspecified atom stereocenters. The predicted octanol–water partition coefficient (Wildman–Crippen LogP) is 5.31. The highest BCUT2D eigenvalue weighted by Gasteiger charge is 2.15. The van der Waals surface area contributed by atoms with E-state index in [-0.39, 0.29) is 17.0 Å². The number of hydroxylamine groups is 1. The van der Waals surface area contributed by atoms with Gasteiger partial charge in [-0.15, -0.1) is 0 Å². The molecule has 1 amide bonds. The SMILES string of the molecule is C[C@@H](Oc1ccc(Oc2ncc(Cl)cc2Cl)cc1)C(=O)NOCC=C(Cl)Cl. The van der Waals surface area contributed by atoms with Gasteiger partial charge in [0, 0.05) is 6.20 Å². The van der Waals surface area contributed by atoms with E-state index >= 15 is 0 Å². The minimum atomic E-state index is -0.792. The van der Waals surface area contributed by atoms with Crippen molar-refractivity contribution < 1.29 is 19.1 Å². The molecule has 0 aliphatic carbocycles. The fourth-order valence-corrected chi connectivity index (χ4v) is 2.28. The van der Waals surface area contributed by atoms with Gasteiger partial charge in [0.1, 0.15) is 21.0 Å². The lowest BCUT2D eigenvalue weighted by Crippen LogP contribution is -2.36. The van der Waals surface area contributed by atoms with Gasteiger partial charge >= 0.3 is 0 Å². The van der Waals surface area contributed by atoms with Crippen LogP contribution in [0, 0.1) is 0 Å². The van der Waals surface area contributed by atoms with Crippen molar-refractivity contribution in [2.24, 2.45) is 0 Å². The van der Waals surface area contributed by atoms with Crippen LogP contribution in [0.25, 0.3) is 0 Å². The molecule has 0 aliphatic heterocycles. The zero-order valence-electron chi connectivity index (χ0n) is 13.9. The van der Waals surface area contributed by atoms with Gasteiger partial charge in [-0.25, -0.2) is 10.5 Å². The molecular formula is C17H14Cl4N2O4. The Labute approximate surface area is 175 Å². The van der Waals surface area contributed by atoms with E-state index in [1.54, 1.807) is 31.2 Å². The molecule has 144 valence electrons. The highest BCUT2D eigenvalue weighted by molar-refractivity contribution is 6.55. The van der Waals surface area contributed by atoms with Crippen LogP contribution < -0.4 is 15.0 Å². The van der Waals surface area contributed by atoms with Crippen LogP contribution >= 0.6 is 46.4 Å². The molecule has 0 fully saturated rings. The van der Waals surface area contributed by atoms with Crippen LogP contribution in [0.1, 0.15) is 6.92 Å². The van der Waals surface area contributed by atoms with E-state index in [1.807, 2.05) is 0 Å². The first-order chi connectivity index (χ1) is 12.8. The summed E-state index contributed by atoms with van der Waals surface area (Å²) in [4.78, 5) is 20.8. The third-order valence-electron chi connectivity index (χ3n) is 2.99. The number of amides is 1. The van der Waals surface area contributed by atoms with E-state index in [9.17, 15) is 4.79 Å². The summed E-state index contributed by atoms with van der Waals surface area (Å²) >= 11 is 22.7. The molecule has 1 N–H and O–H groups in total. The largest absolute Gasteiger partial charge is 0.481 e. The number of nitrogens with zero attached hydrogens (tertiary/aromatic N) is 1. The smallest absolute Gasteiger partial charge is 0.284 e. The van der Waals surface area contributed by atoms with Gasteiger partial charge in [-0.1, -0.05) is 46.4 Å². The first-order valence-electron chi connectivity index (χ1n) is 7.53. The Balaban J connectivity index is 1.87. The van der Waals surface area contributed by atoms with Gasteiger partial charge in [0.05, 0.1) is 11.6 Å². The minimum absolute atomic E-state index is 0.0358. The first-order valence-corrected chi connectivity index (χ1v) is 9.04. The topological polar surface area (TPSA) is 69.7 Å². The monoisotopic (exact) mass is 450 g/mol. The summed E-state index contributed by atoms with van der Waals surface area (Å²) < 4.78 is 11.1. The molecule has 1 aromatic carbocycles. The molecule has 2 rings (SSSR count). The molecule has 1 atom stereocenters. The molecule has 1 aromatic heterocycles. The molecule has 6 nitrogen and oxygen atoms in total. The number of carbonyl (C=O) groups is 1. The summed E-state index contributed by atoms with van der Waals surface area (Å²) in [5.41, 5.74) is 2.23. The number of halogens is 4. The number of benzene rings is 1. The van der Waals surface area contributed by atoms with Crippen molar-refractivity contribution >= 4 is 52.3 Å². The predicted molar refractivity (Wildman–Crippen MR) is 105 cm³/mol. The molecule has 0 spiro atoms.